The van der Waals surface area contributed by atoms with Crippen LogP contribution < -0.4 is 15.4 Å². The predicted octanol–water partition coefficient (Wildman–Crippen LogP) is 2.52. The van der Waals surface area contributed by atoms with Crippen LogP contribution in [0.15, 0.2) is 36.5 Å². The van der Waals surface area contributed by atoms with E-state index in [4.69, 9.17) is 9.47 Å². The number of nitrogens with one attached hydrogen (secondary N) is 2. The second-order valence-corrected chi connectivity index (χ2v) is 6.44. The third kappa shape index (κ3) is 5.40. The van der Waals surface area contributed by atoms with Crippen molar-refractivity contribution in [1.82, 2.24) is 10.3 Å². The summed E-state index contributed by atoms with van der Waals surface area (Å²) in [6.07, 6.45) is 3.55. The number of ether oxygens (including phenoxy) is 2. The first-order valence-corrected chi connectivity index (χ1v) is 8.96. The van der Waals surface area contributed by atoms with Crippen LogP contribution in [0.1, 0.15) is 28.8 Å². The average Bonchev–Trinajstić information content (AvgIpc) is 3.51. The van der Waals surface area contributed by atoms with E-state index in [1.807, 2.05) is 6.07 Å². The fourth-order valence-corrected chi connectivity index (χ4v) is 2.50. The molecule has 0 atom stereocenters. The number of carbonyl (C=O) groups is 1. The van der Waals surface area contributed by atoms with E-state index in [-0.39, 0.29) is 23.2 Å². The SMILES string of the molecule is COCCOc1ccc(CNc2ccc(C(=O)NC3CC3)cc2[N+](=O)[O-])cn1. The maximum absolute atomic E-state index is 12.1. The summed E-state index contributed by atoms with van der Waals surface area (Å²) in [5.74, 6) is 0.197. The highest BCUT2D eigenvalue weighted by Crippen LogP contribution is 2.27. The monoisotopic (exact) mass is 386 g/mol. The lowest BCUT2D eigenvalue weighted by atomic mass is 10.1. The predicted molar refractivity (Wildman–Crippen MR) is 103 cm³/mol. The molecule has 1 saturated carbocycles. The topological polar surface area (TPSA) is 116 Å². The zero-order chi connectivity index (χ0) is 19.9. The number of nitro benzene ring substituents is 1. The molecule has 0 spiro atoms. The Balaban J connectivity index is 1.62. The van der Waals surface area contributed by atoms with Crippen molar-refractivity contribution in [2.45, 2.75) is 25.4 Å². The smallest absolute Gasteiger partial charge is 0.293 e. The van der Waals surface area contributed by atoms with Gasteiger partial charge in [-0.3, -0.25) is 14.9 Å². The van der Waals surface area contributed by atoms with Gasteiger partial charge in [-0.2, -0.15) is 0 Å². The number of pyridine rings is 1. The Morgan fingerprint density at radius 1 is 1.29 bits per heavy atom. The number of aromatic nitrogens is 1. The molecule has 0 saturated heterocycles. The van der Waals surface area contributed by atoms with Gasteiger partial charge in [0.05, 0.1) is 11.5 Å². The molecule has 0 aliphatic heterocycles. The van der Waals surface area contributed by atoms with Crippen LogP contribution in [0.2, 0.25) is 0 Å². The summed E-state index contributed by atoms with van der Waals surface area (Å²) >= 11 is 0. The highest BCUT2D eigenvalue weighted by Gasteiger charge is 2.25. The second kappa shape index (κ2) is 9.14. The fraction of sp³-hybridized carbons (Fsp3) is 0.368. The molecule has 2 N–H and O–H groups in total. The first kappa shape index (κ1) is 19.6. The number of benzene rings is 1. The largest absolute Gasteiger partial charge is 0.475 e. The minimum absolute atomic E-state index is 0.143. The van der Waals surface area contributed by atoms with E-state index < -0.39 is 4.92 Å². The van der Waals surface area contributed by atoms with Crippen molar-refractivity contribution in [1.29, 1.82) is 0 Å². The molecule has 0 radical (unpaired) electrons. The van der Waals surface area contributed by atoms with Gasteiger partial charge in [-0.15, -0.1) is 0 Å². The van der Waals surface area contributed by atoms with Crippen molar-refractivity contribution < 1.29 is 19.2 Å². The summed E-state index contributed by atoms with van der Waals surface area (Å²) < 4.78 is 10.3. The van der Waals surface area contributed by atoms with Crippen LogP contribution in [-0.2, 0) is 11.3 Å². The minimum Gasteiger partial charge on any atom is -0.475 e. The molecule has 1 aromatic carbocycles. The Morgan fingerprint density at radius 2 is 2.11 bits per heavy atom. The maximum Gasteiger partial charge on any atom is 0.293 e. The molecule has 0 unspecified atom stereocenters. The molecule has 1 aliphatic rings. The fourth-order valence-electron chi connectivity index (χ4n) is 2.50. The molecule has 1 amide bonds. The number of anilines is 1. The van der Waals surface area contributed by atoms with E-state index in [0.717, 1.165) is 18.4 Å². The molecule has 1 fully saturated rings. The van der Waals surface area contributed by atoms with E-state index in [9.17, 15) is 14.9 Å². The normalized spacial score (nSPS) is 13.0. The third-order valence-corrected chi connectivity index (χ3v) is 4.19. The lowest BCUT2D eigenvalue weighted by Gasteiger charge is -2.10. The highest BCUT2D eigenvalue weighted by molar-refractivity contribution is 5.96. The Hall–Kier alpha value is -3.20. The number of amides is 1. The average molecular weight is 386 g/mol. The maximum atomic E-state index is 12.1. The van der Waals surface area contributed by atoms with Crippen LogP contribution in [0.3, 0.4) is 0 Å². The zero-order valence-corrected chi connectivity index (χ0v) is 15.5. The van der Waals surface area contributed by atoms with Crippen LogP contribution in [0, 0.1) is 10.1 Å². The molecule has 148 valence electrons. The van der Waals surface area contributed by atoms with E-state index in [1.54, 1.807) is 31.5 Å². The summed E-state index contributed by atoms with van der Waals surface area (Å²) in [7, 11) is 1.59. The summed E-state index contributed by atoms with van der Waals surface area (Å²) in [6, 6.07) is 8.18. The highest BCUT2D eigenvalue weighted by atomic mass is 16.6. The standard InChI is InChI=1S/C19H22N4O5/c1-27-8-9-28-18-7-2-13(12-21-18)11-20-16-6-3-14(10-17(16)23(25)26)19(24)22-15-4-5-15/h2-3,6-7,10,12,15,20H,4-5,8-9,11H2,1H3,(H,22,24). The lowest BCUT2D eigenvalue weighted by Crippen LogP contribution is -2.25. The van der Waals surface area contributed by atoms with Crippen LogP contribution in [0.25, 0.3) is 0 Å². The lowest BCUT2D eigenvalue weighted by molar-refractivity contribution is -0.384. The molecule has 9 heteroatoms. The van der Waals surface area contributed by atoms with Crippen LogP contribution in [0.5, 0.6) is 5.88 Å². The number of methoxy groups -OCH3 is 1. The van der Waals surface area contributed by atoms with Crippen molar-refractivity contribution in [3.8, 4) is 5.88 Å². The van der Waals surface area contributed by atoms with Gasteiger partial charge in [0.1, 0.15) is 12.3 Å². The van der Waals surface area contributed by atoms with Gasteiger partial charge in [0.25, 0.3) is 11.6 Å². The zero-order valence-electron chi connectivity index (χ0n) is 15.5. The molecule has 2 aromatic rings. The van der Waals surface area contributed by atoms with Gasteiger partial charge in [0.15, 0.2) is 0 Å². The molecule has 28 heavy (non-hydrogen) atoms. The summed E-state index contributed by atoms with van der Waals surface area (Å²) in [4.78, 5) is 27.2. The summed E-state index contributed by atoms with van der Waals surface area (Å²) in [6.45, 7) is 1.23. The van der Waals surface area contributed by atoms with Gasteiger partial charge in [-0.25, -0.2) is 4.98 Å². The first-order valence-electron chi connectivity index (χ1n) is 8.96. The number of nitro groups is 1. The molecular weight excluding hydrogens is 364 g/mol. The second-order valence-electron chi connectivity index (χ2n) is 6.44. The van der Waals surface area contributed by atoms with Gasteiger partial charge >= 0.3 is 0 Å². The molecule has 0 bridgehead atoms. The van der Waals surface area contributed by atoms with E-state index >= 15 is 0 Å². The van der Waals surface area contributed by atoms with E-state index in [0.29, 0.717) is 31.3 Å². The van der Waals surface area contributed by atoms with Gasteiger partial charge in [-0.05, 0) is 30.5 Å². The molecule has 1 aromatic heterocycles. The third-order valence-electron chi connectivity index (χ3n) is 4.19. The van der Waals surface area contributed by atoms with Gasteiger partial charge in [0, 0.05) is 43.6 Å². The summed E-state index contributed by atoms with van der Waals surface area (Å²) in [5.41, 5.74) is 1.32. The van der Waals surface area contributed by atoms with Crippen molar-refractivity contribution in [2.24, 2.45) is 0 Å². The Bertz CT molecular complexity index is 837. The van der Waals surface area contributed by atoms with Crippen molar-refractivity contribution in [2.75, 3.05) is 25.6 Å². The number of hydrogen-bond donors (Lipinski definition) is 2. The number of nitrogens with zero attached hydrogens (tertiary/aromatic N) is 2. The van der Waals surface area contributed by atoms with Crippen molar-refractivity contribution >= 4 is 17.3 Å². The van der Waals surface area contributed by atoms with Crippen molar-refractivity contribution in [3.63, 3.8) is 0 Å². The molecule has 3 rings (SSSR count). The molecule has 1 heterocycles. The van der Waals surface area contributed by atoms with E-state index in [1.165, 1.54) is 6.07 Å². The Labute approximate surface area is 162 Å². The van der Waals surface area contributed by atoms with Crippen molar-refractivity contribution in [3.05, 3.63) is 57.8 Å². The van der Waals surface area contributed by atoms with Gasteiger partial charge in [-0.1, -0.05) is 6.07 Å². The van der Waals surface area contributed by atoms with Gasteiger partial charge in [0.2, 0.25) is 5.88 Å². The van der Waals surface area contributed by atoms with Crippen LogP contribution in [-0.4, -0.2) is 42.2 Å². The van der Waals surface area contributed by atoms with E-state index in [2.05, 4.69) is 15.6 Å². The van der Waals surface area contributed by atoms with Crippen LogP contribution in [0.4, 0.5) is 11.4 Å². The summed E-state index contributed by atoms with van der Waals surface area (Å²) in [5, 5.41) is 17.3. The number of hydrogen-bond acceptors (Lipinski definition) is 7. The quantitative estimate of drug-likeness (QED) is 0.366. The van der Waals surface area contributed by atoms with Gasteiger partial charge < -0.3 is 20.1 Å². The van der Waals surface area contributed by atoms with Crippen LogP contribution >= 0.6 is 0 Å². The Morgan fingerprint density at radius 3 is 2.75 bits per heavy atom. The molecular formula is C19H22N4O5. The number of rotatable bonds is 10. The molecule has 9 nitrogen and oxygen atoms in total. The number of carbonyl (C=O) groups excluding carboxylic acids is 1. The minimum atomic E-state index is -0.499. The molecule has 1 aliphatic carbocycles. The first-order chi connectivity index (χ1) is 13.6. The Kier molecular flexibility index (Phi) is 6.38.